The van der Waals surface area contributed by atoms with Crippen LogP contribution in [0.1, 0.15) is 25.5 Å². The van der Waals surface area contributed by atoms with Gasteiger partial charge < -0.3 is 26.2 Å². The van der Waals surface area contributed by atoms with Gasteiger partial charge in [-0.25, -0.2) is 9.59 Å². The Hall–Kier alpha value is -2.59. The summed E-state index contributed by atoms with van der Waals surface area (Å²) in [4.78, 5) is 48.2. The van der Waals surface area contributed by atoms with E-state index in [1.807, 2.05) is 0 Å². The van der Waals surface area contributed by atoms with Crippen molar-refractivity contribution in [2.24, 2.45) is 5.73 Å². The van der Waals surface area contributed by atoms with E-state index in [9.17, 15) is 29.4 Å². The number of aliphatic carboxylic acids is 2. The Labute approximate surface area is 159 Å². The third kappa shape index (κ3) is 4.22. The molecule has 5 N–H and O–H groups in total. The number of hydrogen-bond donors (Lipinski definition) is 4. The van der Waals surface area contributed by atoms with Crippen molar-refractivity contribution in [2.45, 2.75) is 42.1 Å². The average Bonchev–Trinajstić information content (AvgIpc) is 2.89. The van der Waals surface area contributed by atoms with Gasteiger partial charge in [0.25, 0.3) is 0 Å². The zero-order valence-corrected chi connectivity index (χ0v) is 15.6. The lowest BCUT2D eigenvalue weighted by atomic mass is 10.0. The van der Waals surface area contributed by atoms with E-state index in [-0.39, 0.29) is 0 Å². The third-order valence-corrected chi connectivity index (χ3v) is 5.91. The van der Waals surface area contributed by atoms with Gasteiger partial charge in [0.05, 0.1) is 0 Å². The van der Waals surface area contributed by atoms with Crippen molar-refractivity contribution < 1.29 is 29.4 Å². The van der Waals surface area contributed by atoms with E-state index in [1.165, 1.54) is 0 Å². The predicted molar refractivity (Wildman–Crippen MR) is 97.7 cm³/mol. The quantitative estimate of drug-likeness (QED) is 0.472. The molecule has 1 aromatic carbocycles. The van der Waals surface area contributed by atoms with Crippen molar-refractivity contribution in [3.05, 3.63) is 35.9 Å². The van der Waals surface area contributed by atoms with Crippen LogP contribution in [0.4, 0.5) is 0 Å². The number of nitrogens with one attached hydrogen (secondary N) is 1. The summed E-state index contributed by atoms with van der Waals surface area (Å²) in [6.45, 7) is 3.20. The van der Waals surface area contributed by atoms with E-state index in [0.29, 0.717) is 12.0 Å². The Balaban J connectivity index is 2.27. The molecule has 1 aromatic rings. The number of rotatable bonds is 7. The predicted octanol–water partition coefficient (Wildman–Crippen LogP) is 0.0189. The highest BCUT2D eigenvalue weighted by Gasteiger charge is 2.54. The van der Waals surface area contributed by atoms with Gasteiger partial charge in [0.2, 0.25) is 12.3 Å². The maximum Gasteiger partial charge on any atom is 0.329 e. The molecule has 1 aliphatic rings. The summed E-state index contributed by atoms with van der Waals surface area (Å²) in [6.07, 6.45) is 0.296. The maximum absolute atomic E-state index is 12.5. The van der Waals surface area contributed by atoms with Gasteiger partial charge in [-0.15, -0.1) is 11.8 Å². The van der Waals surface area contributed by atoms with E-state index in [2.05, 4.69) is 5.32 Å². The van der Waals surface area contributed by atoms with Crippen molar-refractivity contribution in [3.8, 4) is 0 Å². The van der Waals surface area contributed by atoms with E-state index >= 15 is 0 Å². The molecule has 1 heterocycles. The summed E-state index contributed by atoms with van der Waals surface area (Å²) in [5.74, 6) is -3.38. The molecule has 9 nitrogen and oxygen atoms in total. The minimum Gasteiger partial charge on any atom is -0.480 e. The van der Waals surface area contributed by atoms with Crippen molar-refractivity contribution in [1.82, 2.24) is 10.2 Å². The molecule has 1 fully saturated rings. The van der Waals surface area contributed by atoms with Gasteiger partial charge in [-0.1, -0.05) is 30.3 Å². The summed E-state index contributed by atoms with van der Waals surface area (Å²) in [5, 5.41) is 20.3. The van der Waals surface area contributed by atoms with E-state index < -0.39 is 46.1 Å². The lowest BCUT2D eigenvalue weighted by Crippen LogP contribution is -2.56. The number of carboxylic acids is 2. The topological polar surface area (TPSA) is 150 Å². The van der Waals surface area contributed by atoms with Gasteiger partial charge in [0, 0.05) is 4.75 Å². The van der Waals surface area contributed by atoms with Gasteiger partial charge in [-0.3, -0.25) is 9.59 Å². The molecule has 4 atom stereocenters. The summed E-state index contributed by atoms with van der Waals surface area (Å²) < 4.78 is -0.947. The number of nitrogens with zero attached hydrogens (tertiary/aromatic N) is 1. The molecule has 0 aliphatic carbocycles. The smallest absolute Gasteiger partial charge is 0.329 e. The van der Waals surface area contributed by atoms with Crippen molar-refractivity contribution in [3.63, 3.8) is 0 Å². The van der Waals surface area contributed by atoms with Crippen LogP contribution >= 0.6 is 11.8 Å². The van der Waals surface area contributed by atoms with Crippen LogP contribution in [0, 0.1) is 0 Å². The summed E-state index contributed by atoms with van der Waals surface area (Å²) in [5.41, 5.74) is 6.39. The number of benzene rings is 1. The van der Waals surface area contributed by atoms with Gasteiger partial charge in [0.1, 0.15) is 17.5 Å². The van der Waals surface area contributed by atoms with Crippen LogP contribution in [-0.2, 0) is 19.2 Å². The van der Waals surface area contributed by atoms with E-state index in [4.69, 9.17) is 5.73 Å². The summed E-state index contributed by atoms with van der Waals surface area (Å²) in [6, 6.07) is 4.54. The lowest BCUT2D eigenvalue weighted by molar-refractivity contribution is -0.150. The largest absolute Gasteiger partial charge is 0.480 e. The van der Waals surface area contributed by atoms with Crippen LogP contribution in [0.15, 0.2) is 30.3 Å². The van der Waals surface area contributed by atoms with Crippen molar-refractivity contribution in [2.75, 3.05) is 0 Å². The molecule has 2 rings (SSSR count). The molecule has 0 radical (unpaired) electrons. The van der Waals surface area contributed by atoms with Crippen LogP contribution in [-0.4, -0.2) is 61.6 Å². The second-order valence-corrected chi connectivity index (χ2v) is 8.39. The zero-order chi connectivity index (χ0) is 20.4. The minimum atomic E-state index is -1.52. The molecule has 2 unspecified atom stereocenters. The molecule has 2 amide bonds. The molecule has 1 saturated heterocycles. The minimum absolute atomic E-state index is 0.296. The summed E-state index contributed by atoms with van der Waals surface area (Å²) in [7, 11) is 0. The van der Waals surface area contributed by atoms with E-state index in [1.54, 1.807) is 44.2 Å². The van der Waals surface area contributed by atoms with Crippen molar-refractivity contribution in [1.29, 1.82) is 0 Å². The number of carbonyl (C=O) groups is 4. The second kappa shape index (κ2) is 7.97. The van der Waals surface area contributed by atoms with Gasteiger partial charge in [-0.05, 0) is 19.4 Å². The summed E-state index contributed by atoms with van der Waals surface area (Å²) >= 11 is 1.00. The first kappa shape index (κ1) is 20.7. The SMILES string of the molecule is CC1(C)SC(C(NC(=O)[C@H](N)c2ccccc2)C(=O)O)N(C=O)[C@H]1C(=O)O. The monoisotopic (exact) mass is 395 g/mol. The Kier molecular flexibility index (Phi) is 6.11. The molecule has 0 bridgehead atoms. The fourth-order valence-corrected chi connectivity index (χ4v) is 4.63. The van der Waals surface area contributed by atoms with Crippen LogP contribution in [0.5, 0.6) is 0 Å². The molecule has 0 aromatic heterocycles. The maximum atomic E-state index is 12.5. The highest BCUT2D eigenvalue weighted by molar-refractivity contribution is 8.01. The van der Waals surface area contributed by atoms with Crippen LogP contribution in [0.3, 0.4) is 0 Å². The molecule has 10 heteroatoms. The fourth-order valence-electron chi connectivity index (χ4n) is 3.04. The first-order valence-corrected chi connectivity index (χ1v) is 8.95. The van der Waals surface area contributed by atoms with Crippen LogP contribution in [0.2, 0.25) is 0 Å². The standard InChI is InChI=1S/C17H21N3O6S/c1-17(2)12(16(25)26)20(8-21)14(27-17)11(15(23)24)19-13(22)10(18)9-6-4-3-5-7-9/h3-8,10-12,14H,18H2,1-2H3,(H,19,22)(H,23,24)(H,25,26)/t10-,11?,12+,14?/m1/s1. The van der Waals surface area contributed by atoms with Gasteiger partial charge in [0.15, 0.2) is 6.04 Å². The number of nitrogens with two attached hydrogens (primary N) is 1. The number of carbonyl (C=O) groups excluding carboxylic acids is 2. The Bertz CT molecular complexity index is 741. The van der Waals surface area contributed by atoms with Gasteiger partial charge in [-0.2, -0.15) is 0 Å². The van der Waals surface area contributed by atoms with Crippen LogP contribution < -0.4 is 11.1 Å². The first-order valence-electron chi connectivity index (χ1n) is 8.07. The average molecular weight is 395 g/mol. The Morgan fingerprint density at radius 1 is 1.26 bits per heavy atom. The molecule has 0 spiro atoms. The number of amides is 2. The molecule has 1 aliphatic heterocycles. The lowest BCUT2D eigenvalue weighted by Gasteiger charge is -2.29. The molecule has 146 valence electrons. The molecule has 0 saturated carbocycles. The number of carboxylic acid groups (broad SMARTS) is 2. The molecular formula is C17H21N3O6S. The first-order chi connectivity index (χ1) is 12.6. The highest BCUT2D eigenvalue weighted by Crippen LogP contribution is 2.45. The van der Waals surface area contributed by atoms with E-state index in [0.717, 1.165) is 16.7 Å². The molecule has 27 heavy (non-hydrogen) atoms. The third-order valence-electron chi connectivity index (χ3n) is 4.32. The highest BCUT2D eigenvalue weighted by atomic mass is 32.2. The second-order valence-electron chi connectivity index (χ2n) is 6.62. The van der Waals surface area contributed by atoms with Gasteiger partial charge >= 0.3 is 11.9 Å². The fraction of sp³-hybridized carbons (Fsp3) is 0.412. The number of thioether (sulfide) groups is 1. The Morgan fingerprint density at radius 3 is 2.33 bits per heavy atom. The molecular weight excluding hydrogens is 374 g/mol. The normalized spacial score (nSPS) is 23.3. The zero-order valence-electron chi connectivity index (χ0n) is 14.7. The van der Waals surface area contributed by atoms with Crippen LogP contribution in [0.25, 0.3) is 0 Å². The Morgan fingerprint density at radius 2 is 1.85 bits per heavy atom. The van der Waals surface area contributed by atoms with Crippen molar-refractivity contribution >= 4 is 36.0 Å². The number of hydrogen-bond acceptors (Lipinski definition) is 6.